The average molecular weight is 467 g/mol. The summed E-state index contributed by atoms with van der Waals surface area (Å²) in [5.41, 5.74) is 2.75. The molecular weight excluding hydrogens is 438 g/mol. The van der Waals surface area contributed by atoms with Gasteiger partial charge in [0.05, 0.1) is 4.90 Å². The smallest absolute Gasteiger partial charge is 0.387 e. The van der Waals surface area contributed by atoms with Crippen LogP contribution in [0.4, 0.5) is 8.78 Å². The second kappa shape index (κ2) is 9.95. The molecule has 0 saturated carbocycles. The fourth-order valence-corrected chi connectivity index (χ4v) is 5.36. The summed E-state index contributed by atoms with van der Waals surface area (Å²) in [5.74, 6) is -0.246. The number of ether oxygens (including phenoxy) is 1. The van der Waals surface area contributed by atoms with Crippen LogP contribution in [0.2, 0.25) is 0 Å². The van der Waals surface area contributed by atoms with E-state index in [2.05, 4.69) is 4.74 Å². The third-order valence-electron chi connectivity index (χ3n) is 5.86. The summed E-state index contributed by atoms with van der Waals surface area (Å²) < 4.78 is 56.2. The Hall–Kier alpha value is -2.52. The first-order valence-corrected chi connectivity index (χ1v) is 11.9. The van der Waals surface area contributed by atoms with Crippen LogP contribution in [0.3, 0.4) is 0 Å². The molecule has 0 aromatic heterocycles. The number of amides is 1. The van der Waals surface area contributed by atoms with Crippen molar-refractivity contribution in [1.29, 1.82) is 0 Å². The largest absolute Gasteiger partial charge is 0.435 e. The van der Waals surface area contributed by atoms with Crippen LogP contribution in [0.25, 0.3) is 0 Å². The van der Waals surface area contributed by atoms with E-state index in [1.165, 1.54) is 16.4 Å². The Bertz CT molecular complexity index is 1050. The van der Waals surface area contributed by atoms with Crippen molar-refractivity contribution in [2.45, 2.75) is 44.7 Å². The summed E-state index contributed by atoms with van der Waals surface area (Å²) in [6.07, 6.45) is 0.906. The second-order valence-electron chi connectivity index (χ2n) is 8.14. The average Bonchev–Trinajstić information content (AvgIpc) is 2.76. The van der Waals surface area contributed by atoms with Gasteiger partial charge in [0.2, 0.25) is 15.9 Å². The highest BCUT2D eigenvalue weighted by Gasteiger charge is 2.33. The molecule has 1 fully saturated rings. The van der Waals surface area contributed by atoms with Gasteiger partial charge in [-0.05, 0) is 67.6 Å². The van der Waals surface area contributed by atoms with Crippen LogP contribution in [0, 0.1) is 19.8 Å². The van der Waals surface area contributed by atoms with Gasteiger partial charge in [0, 0.05) is 32.6 Å². The Kier molecular flexibility index (Phi) is 7.51. The summed E-state index contributed by atoms with van der Waals surface area (Å²) in [6.45, 7) is 1.85. The maximum absolute atomic E-state index is 13.0. The minimum atomic E-state index is -3.59. The van der Waals surface area contributed by atoms with Gasteiger partial charge in [-0.2, -0.15) is 13.1 Å². The first kappa shape index (κ1) is 24.1. The molecule has 9 heteroatoms. The topological polar surface area (TPSA) is 66.9 Å². The number of hydrogen-bond donors (Lipinski definition) is 0. The highest BCUT2D eigenvalue weighted by Crippen LogP contribution is 2.26. The van der Waals surface area contributed by atoms with Gasteiger partial charge in [-0.1, -0.05) is 18.2 Å². The van der Waals surface area contributed by atoms with Gasteiger partial charge in [-0.25, -0.2) is 8.42 Å². The predicted octanol–water partition coefficient (Wildman–Crippen LogP) is 3.96. The van der Waals surface area contributed by atoms with E-state index in [1.54, 1.807) is 42.3 Å². The molecule has 0 aliphatic carbocycles. The quantitative estimate of drug-likeness (QED) is 0.620. The lowest BCUT2D eigenvalue weighted by Crippen LogP contribution is -2.43. The summed E-state index contributed by atoms with van der Waals surface area (Å²) in [4.78, 5) is 14.7. The lowest BCUT2D eigenvalue weighted by atomic mass is 9.96. The van der Waals surface area contributed by atoms with Gasteiger partial charge in [-0.3, -0.25) is 4.79 Å². The van der Waals surface area contributed by atoms with Crippen LogP contribution in [0.5, 0.6) is 5.75 Å². The minimum Gasteiger partial charge on any atom is -0.435 e. The van der Waals surface area contributed by atoms with E-state index in [9.17, 15) is 22.0 Å². The van der Waals surface area contributed by atoms with Gasteiger partial charge in [-0.15, -0.1) is 0 Å². The van der Waals surface area contributed by atoms with Crippen molar-refractivity contribution in [3.8, 4) is 5.75 Å². The molecule has 1 aliphatic rings. The molecule has 3 rings (SSSR count). The Morgan fingerprint density at radius 2 is 1.72 bits per heavy atom. The number of sulfonamides is 1. The number of hydrogen-bond acceptors (Lipinski definition) is 4. The first-order chi connectivity index (χ1) is 15.1. The molecule has 0 spiro atoms. The predicted molar refractivity (Wildman–Crippen MR) is 117 cm³/mol. The Labute approximate surface area is 187 Å². The number of halogens is 2. The van der Waals surface area contributed by atoms with Crippen LogP contribution < -0.4 is 4.74 Å². The third-order valence-corrected chi connectivity index (χ3v) is 7.76. The Balaban J connectivity index is 1.57. The summed E-state index contributed by atoms with van der Waals surface area (Å²) >= 11 is 0. The summed E-state index contributed by atoms with van der Waals surface area (Å²) in [6, 6.07) is 11.3. The van der Waals surface area contributed by atoms with Crippen molar-refractivity contribution in [2.75, 3.05) is 20.1 Å². The van der Waals surface area contributed by atoms with E-state index >= 15 is 0 Å². The standard InChI is InChI=1S/C23H28F2N2O4S/c1-16-4-9-21(14-17(16)2)32(29,30)27-12-10-19(11-13-27)22(28)26(3)15-18-5-7-20(8-6-18)31-23(24)25/h4-9,14,19,23H,10-13,15H2,1-3H3. The fraction of sp³-hybridized carbons (Fsp3) is 0.435. The highest BCUT2D eigenvalue weighted by atomic mass is 32.2. The molecule has 0 N–H and O–H groups in total. The number of aryl methyl sites for hydroxylation is 2. The van der Waals surface area contributed by atoms with Gasteiger partial charge < -0.3 is 9.64 Å². The molecule has 0 unspecified atom stereocenters. The molecule has 0 bridgehead atoms. The van der Waals surface area contributed by atoms with Crippen LogP contribution in [-0.2, 0) is 21.4 Å². The van der Waals surface area contributed by atoms with Crippen molar-refractivity contribution in [3.63, 3.8) is 0 Å². The van der Waals surface area contributed by atoms with Crippen LogP contribution in [-0.4, -0.2) is 50.3 Å². The number of alkyl halides is 2. The van der Waals surface area contributed by atoms with Gasteiger partial charge >= 0.3 is 6.61 Å². The van der Waals surface area contributed by atoms with E-state index in [0.29, 0.717) is 32.5 Å². The molecule has 1 aliphatic heterocycles. The monoisotopic (exact) mass is 466 g/mol. The number of rotatable bonds is 7. The number of nitrogens with zero attached hydrogens (tertiary/aromatic N) is 2. The number of carbonyl (C=O) groups excluding carboxylic acids is 1. The zero-order valence-corrected chi connectivity index (χ0v) is 19.2. The minimum absolute atomic E-state index is 0.0545. The number of piperidine rings is 1. The van der Waals surface area contributed by atoms with Gasteiger partial charge in [0.25, 0.3) is 0 Å². The molecule has 1 heterocycles. The summed E-state index contributed by atoms with van der Waals surface area (Å²) in [7, 11) is -1.90. The molecule has 32 heavy (non-hydrogen) atoms. The van der Waals surface area contributed by atoms with Crippen molar-refractivity contribution in [2.24, 2.45) is 5.92 Å². The van der Waals surface area contributed by atoms with E-state index < -0.39 is 16.6 Å². The normalized spacial score (nSPS) is 15.7. The van der Waals surface area contributed by atoms with Crippen LogP contribution in [0.1, 0.15) is 29.5 Å². The molecule has 6 nitrogen and oxygen atoms in total. The fourth-order valence-electron chi connectivity index (χ4n) is 3.81. The number of carbonyl (C=O) groups is 1. The molecular formula is C23H28F2N2O4S. The maximum Gasteiger partial charge on any atom is 0.387 e. The third kappa shape index (κ3) is 5.63. The summed E-state index contributed by atoms with van der Waals surface area (Å²) in [5, 5.41) is 0. The lowest BCUT2D eigenvalue weighted by Gasteiger charge is -2.32. The van der Waals surface area contributed by atoms with Gasteiger partial charge in [0.15, 0.2) is 0 Å². The van der Waals surface area contributed by atoms with Crippen LogP contribution >= 0.6 is 0 Å². The molecule has 2 aromatic rings. The lowest BCUT2D eigenvalue weighted by molar-refractivity contribution is -0.135. The van der Waals surface area contributed by atoms with Crippen LogP contribution in [0.15, 0.2) is 47.4 Å². The molecule has 0 atom stereocenters. The van der Waals surface area contributed by atoms with E-state index in [0.717, 1.165) is 16.7 Å². The molecule has 0 radical (unpaired) electrons. The molecule has 1 amide bonds. The zero-order chi connectivity index (χ0) is 23.5. The Morgan fingerprint density at radius 1 is 1.09 bits per heavy atom. The maximum atomic E-state index is 13.0. The first-order valence-electron chi connectivity index (χ1n) is 10.4. The van der Waals surface area contributed by atoms with Crippen molar-refractivity contribution in [1.82, 2.24) is 9.21 Å². The zero-order valence-electron chi connectivity index (χ0n) is 18.4. The van der Waals surface area contributed by atoms with Crippen molar-refractivity contribution < 1.29 is 26.7 Å². The molecule has 2 aromatic carbocycles. The van der Waals surface area contributed by atoms with Crippen molar-refractivity contribution in [3.05, 3.63) is 59.2 Å². The van der Waals surface area contributed by atoms with E-state index in [4.69, 9.17) is 0 Å². The van der Waals surface area contributed by atoms with E-state index in [1.807, 2.05) is 13.8 Å². The van der Waals surface area contributed by atoms with Gasteiger partial charge in [0.1, 0.15) is 5.75 Å². The molecule has 174 valence electrons. The SMILES string of the molecule is Cc1ccc(S(=O)(=O)N2CCC(C(=O)N(C)Cc3ccc(OC(F)F)cc3)CC2)cc1C. The van der Waals surface area contributed by atoms with E-state index in [-0.39, 0.29) is 22.5 Å². The van der Waals surface area contributed by atoms with Crippen molar-refractivity contribution >= 4 is 15.9 Å². The second-order valence-corrected chi connectivity index (χ2v) is 10.1. The number of benzene rings is 2. The highest BCUT2D eigenvalue weighted by molar-refractivity contribution is 7.89. The Morgan fingerprint density at radius 3 is 2.28 bits per heavy atom. The molecule has 1 saturated heterocycles.